The molecule has 4 unspecified atom stereocenters. The summed E-state index contributed by atoms with van der Waals surface area (Å²) < 4.78 is 143. The molecule has 740 valence electrons. The molecule has 12 aromatic carbocycles. The van der Waals surface area contributed by atoms with Crippen molar-refractivity contribution >= 4 is 113 Å². The Labute approximate surface area is 887 Å². The standard InChI is InChI=1S/2C32H31ClN2O2.2C32H32N2O2/c2*1-20(23-8-10-25(11-9-23)24-6-4-3-5-7-24)35-31-27(12-13-29(33)28(31)19-34-35)30(37)14-22-15-32(16-22)17-26(18-32)21(2)36;2*1-21(24-11-13-26(14-12-24)25-7-4-3-5-8-25)34-31-27(20-33-34)9-6-10-29(31)30(36)15-23-16-32(17-23)18-28(19-32)22(2)35/h2*3-13,19-20,22,26H,14-18H2,1-2H3;2*3-14,20-21,23,28H,15-19H2,1-2H3/i2*1D3,20D;2*1D3,21D. The lowest BCUT2D eigenvalue weighted by molar-refractivity contribution is -0.136. The zero-order valence-corrected chi connectivity index (χ0v) is 83.7. The van der Waals surface area contributed by atoms with Crippen LogP contribution in [0.25, 0.3) is 88.1 Å². The van der Waals surface area contributed by atoms with E-state index in [4.69, 9.17) is 39.7 Å². The first-order valence-electron chi connectivity index (χ1n) is 58.9. The number of fused-ring (bicyclic) bond motifs is 4. The predicted octanol–water partition coefficient (Wildman–Crippen LogP) is 30.4. The maximum absolute atomic E-state index is 13.7. The topological polar surface area (TPSA) is 208 Å². The van der Waals surface area contributed by atoms with Gasteiger partial charge in [-0.2, -0.15) is 20.4 Å². The summed E-state index contributed by atoms with van der Waals surface area (Å²) in [7, 11) is 0. The molecule has 0 bridgehead atoms. The summed E-state index contributed by atoms with van der Waals surface area (Å²) in [6.45, 7) is -4.57. The molecule has 4 atom stereocenters. The smallest absolute Gasteiger partial charge is 0.165 e. The highest BCUT2D eigenvalue weighted by Gasteiger charge is 2.58. The number of halogens is 2. The lowest BCUT2D eigenvalue weighted by atomic mass is 9.47. The zero-order chi connectivity index (χ0) is 115. The molecule has 24 rings (SSSR count). The van der Waals surface area contributed by atoms with Crippen molar-refractivity contribution < 1.29 is 60.3 Å². The third kappa shape index (κ3) is 19.8. The number of carbonyl (C=O) groups excluding carboxylic acids is 8. The van der Waals surface area contributed by atoms with Crippen LogP contribution in [0.4, 0.5) is 0 Å². The van der Waals surface area contributed by atoms with Crippen LogP contribution in [0.5, 0.6) is 0 Å². The fraction of sp³-hybridized carbons (Fsp3) is 0.344. The highest BCUT2D eigenvalue weighted by molar-refractivity contribution is 6.36. The summed E-state index contributed by atoms with van der Waals surface area (Å²) in [5.74, 6) is 2.21. The molecule has 0 amide bonds. The van der Waals surface area contributed by atoms with Gasteiger partial charge >= 0.3 is 0 Å². The molecule has 8 aliphatic carbocycles. The molecular weight excluding hydrogens is 1850 g/mol. The minimum atomic E-state index is -2.82. The molecular formula is C128H126Cl2N8O8. The van der Waals surface area contributed by atoms with Crippen molar-refractivity contribution in [3.05, 3.63) is 358 Å². The summed E-state index contributed by atoms with van der Waals surface area (Å²) in [6, 6.07) is 74.6. The third-order valence-corrected chi connectivity index (χ3v) is 33.7. The van der Waals surface area contributed by atoms with E-state index in [9.17, 15) is 43.8 Å². The normalized spacial score (nSPS) is 26.4. The van der Waals surface area contributed by atoms with Gasteiger partial charge in [-0.3, -0.25) is 57.1 Å². The summed E-state index contributed by atoms with van der Waals surface area (Å²) in [4.78, 5) is 101. The van der Waals surface area contributed by atoms with Crippen molar-refractivity contribution in [1.82, 2.24) is 39.1 Å². The molecule has 4 spiro atoms. The lowest BCUT2D eigenvalue weighted by Crippen LogP contribution is -2.49. The molecule has 4 aromatic heterocycles. The molecule has 8 saturated carbocycles. The van der Waals surface area contributed by atoms with Crippen LogP contribution in [-0.4, -0.2) is 85.4 Å². The molecule has 8 fully saturated rings. The summed E-state index contributed by atoms with van der Waals surface area (Å²) >= 11 is 13.0. The molecule has 16 nitrogen and oxygen atoms in total. The molecule has 146 heavy (non-hydrogen) atoms. The first-order valence-corrected chi connectivity index (χ1v) is 51.7. The number of para-hydroxylation sites is 2. The van der Waals surface area contributed by atoms with Crippen LogP contribution in [0.3, 0.4) is 0 Å². The minimum absolute atomic E-state index is 0.0676. The van der Waals surface area contributed by atoms with E-state index in [0.717, 1.165) is 157 Å². The predicted molar refractivity (Wildman–Crippen MR) is 582 cm³/mol. The highest BCUT2D eigenvalue weighted by Crippen LogP contribution is 2.66. The fourth-order valence-electron chi connectivity index (χ4n) is 25.4. The first-order chi connectivity index (χ1) is 76.8. The van der Waals surface area contributed by atoms with Crippen molar-refractivity contribution in [2.45, 2.75) is 208 Å². The molecule has 0 radical (unpaired) electrons. The molecule has 18 heteroatoms. The Morgan fingerprint density at radius 2 is 0.493 bits per heavy atom. The molecule has 0 N–H and O–H groups in total. The Kier molecular flexibility index (Phi) is 22.5. The molecule has 4 heterocycles. The monoisotopic (exact) mass is 1990 g/mol. The Morgan fingerprint density at radius 3 is 0.726 bits per heavy atom. The van der Waals surface area contributed by atoms with E-state index in [2.05, 4.69) is 20.4 Å². The van der Waals surface area contributed by atoms with Crippen molar-refractivity contribution in [3.8, 4) is 44.5 Å². The van der Waals surface area contributed by atoms with Crippen LogP contribution in [0, 0.1) is 69.0 Å². The largest absolute Gasteiger partial charge is 0.300 e. The second kappa shape index (κ2) is 40.7. The summed E-state index contributed by atoms with van der Waals surface area (Å²) in [5.41, 5.74) is 12.1. The second-order valence-electron chi connectivity index (χ2n) is 43.1. The first kappa shape index (κ1) is 80.7. The quantitative estimate of drug-likeness (QED) is 0.0420. The van der Waals surface area contributed by atoms with Crippen LogP contribution in [-0.2, 0) is 19.2 Å². The van der Waals surface area contributed by atoms with E-state index in [1.165, 1.54) is 34.2 Å². The van der Waals surface area contributed by atoms with Gasteiger partial charge in [0.15, 0.2) is 23.1 Å². The second-order valence-corrected chi connectivity index (χ2v) is 43.9. The van der Waals surface area contributed by atoms with E-state index in [1.54, 1.807) is 161 Å². The van der Waals surface area contributed by atoms with Crippen LogP contribution >= 0.6 is 23.2 Å². The van der Waals surface area contributed by atoms with Gasteiger partial charge in [0.05, 0.1) is 86.5 Å². The lowest BCUT2D eigenvalue weighted by Gasteiger charge is -2.57. The molecule has 8 aliphatic rings. The van der Waals surface area contributed by atoms with E-state index in [0.29, 0.717) is 90.6 Å². The van der Waals surface area contributed by atoms with Crippen LogP contribution in [0.1, 0.15) is 293 Å². The average molecular weight is 1990 g/mol. The summed E-state index contributed by atoms with van der Waals surface area (Å²) in [5, 5.41) is 20.4. The van der Waals surface area contributed by atoms with Gasteiger partial charge in [-0.05, 0) is 306 Å². The minimum Gasteiger partial charge on any atom is -0.300 e. The van der Waals surface area contributed by atoms with Crippen LogP contribution in [0.15, 0.2) is 304 Å². The van der Waals surface area contributed by atoms with Gasteiger partial charge < -0.3 is 0 Å². The number of rotatable bonds is 28. The average Bonchev–Trinajstić information content (AvgIpc) is 1.60. The maximum atomic E-state index is 13.7. The van der Waals surface area contributed by atoms with Gasteiger partial charge in [-0.15, -0.1) is 0 Å². The van der Waals surface area contributed by atoms with Gasteiger partial charge in [0.25, 0.3) is 0 Å². The van der Waals surface area contributed by atoms with E-state index < -0.39 is 51.5 Å². The van der Waals surface area contributed by atoms with E-state index >= 15 is 0 Å². The SMILES string of the molecule is [2H]C([2H])([2H])C([2H])(c1ccc(-c2ccccc2)cc1)n1ncc2c(Cl)ccc(C(=O)CC3CC4(C3)CC(C(C)=O)C4)c21.[2H]C([2H])([2H])C([2H])(c1ccc(-c2ccccc2)cc1)n1ncc2c(Cl)ccc(C(=O)CC3CC4(C3)CC(C(C)=O)C4)c21.[2H]C([2H])([2H])C([2H])(c1ccc(-c2ccccc2)cc1)n1ncc2cccc(C(=O)CC3CC4(C3)CC(C(C)=O)C4)c21.[2H]C([2H])([2H])C([2H])(c1ccc(-c2ccccc2)cc1)n1ncc2cccc(C(=O)CC3CC4(C3)CC(C(C)=O)C4)c21. The van der Waals surface area contributed by atoms with Crippen molar-refractivity contribution in [1.29, 1.82) is 0 Å². The van der Waals surface area contributed by atoms with Gasteiger partial charge in [-0.25, -0.2) is 0 Å². The zero-order valence-electron chi connectivity index (χ0n) is 98.2. The fourth-order valence-corrected chi connectivity index (χ4v) is 25.8. The Balaban J connectivity index is 0.000000124. The van der Waals surface area contributed by atoms with E-state index in [-0.39, 0.29) is 149 Å². The molecule has 0 saturated heterocycles. The number of benzene rings is 12. The maximum Gasteiger partial charge on any atom is 0.165 e. The van der Waals surface area contributed by atoms with E-state index in [1.807, 2.05) is 146 Å². The summed E-state index contributed by atoms with van der Waals surface area (Å²) in [6.07, 6.45) is 22.1. The Morgan fingerprint density at radius 1 is 0.274 bits per heavy atom. The number of aromatic nitrogens is 8. The number of nitrogens with zero attached hydrogens (tertiary/aromatic N) is 8. The van der Waals surface area contributed by atoms with Gasteiger partial charge in [-0.1, -0.05) is 266 Å². The van der Waals surface area contributed by atoms with Gasteiger partial charge in [0.1, 0.15) is 23.1 Å². The van der Waals surface area contributed by atoms with Gasteiger partial charge in [0.2, 0.25) is 0 Å². The Bertz CT molecular complexity index is 7890. The number of carbonyl (C=O) groups is 8. The Hall–Kier alpha value is -13.5. The van der Waals surface area contributed by atoms with Crippen LogP contribution in [0.2, 0.25) is 10.0 Å². The van der Waals surface area contributed by atoms with Gasteiger partial charge in [0, 0.05) is 110 Å². The highest BCUT2D eigenvalue weighted by atomic mass is 35.5. The van der Waals surface area contributed by atoms with Crippen molar-refractivity contribution in [2.75, 3.05) is 0 Å². The number of hydrogen-bond acceptors (Lipinski definition) is 12. The van der Waals surface area contributed by atoms with Crippen LogP contribution < -0.4 is 0 Å². The third-order valence-electron chi connectivity index (χ3n) is 33.1. The number of hydrogen-bond donors (Lipinski definition) is 0. The van der Waals surface area contributed by atoms with Crippen molar-refractivity contribution in [3.63, 3.8) is 0 Å². The molecule has 0 aliphatic heterocycles. The number of Topliss-reactive ketones (excluding diaryl/α,β-unsaturated/α-hetero) is 8. The molecule has 16 aromatic rings. The van der Waals surface area contributed by atoms with Crippen molar-refractivity contribution in [2.24, 2.45) is 69.0 Å². The number of ketones is 8.